The van der Waals surface area contributed by atoms with Crippen LogP contribution in [0, 0.1) is 6.92 Å². The van der Waals surface area contributed by atoms with E-state index in [1.54, 1.807) is 13.8 Å². The summed E-state index contributed by atoms with van der Waals surface area (Å²) < 4.78 is 0. The summed E-state index contributed by atoms with van der Waals surface area (Å²) >= 11 is 1.42. The third kappa shape index (κ3) is 3.36. The standard InChI is InChI=1S/C8H13NO2S.C2H6/c1-5-6(4-10)9-7(12-5)8(2,3)11;1-2/h10-11H,4H2,1-3H3;1-2H3. The molecule has 0 spiro atoms. The number of aryl methyl sites for hydroxylation is 1. The van der Waals surface area contributed by atoms with Gasteiger partial charge in [-0.25, -0.2) is 4.98 Å². The molecule has 1 heterocycles. The minimum Gasteiger partial charge on any atom is -0.390 e. The normalized spacial score (nSPS) is 10.8. The second-order valence-electron chi connectivity index (χ2n) is 3.24. The average molecular weight is 217 g/mol. The van der Waals surface area contributed by atoms with Crippen LogP contribution in [-0.4, -0.2) is 15.2 Å². The van der Waals surface area contributed by atoms with E-state index in [2.05, 4.69) is 4.98 Å². The Bertz CT molecular complexity index is 276. The van der Waals surface area contributed by atoms with Gasteiger partial charge < -0.3 is 10.2 Å². The molecule has 0 radical (unpaired) electrons. The Morgan fingerprint density at radius 3 is 2.07 bits per heavy atom. The monoisotopic (exact) mass is 217 g/mol. The predicted octanol–water partition coefficient (Wildman–Crippen LogP) is 2.20. The molecule has 1 aromatic rings. The van der Waals surface area contributed by atoms with E-state index in [1.807, 2.05) is 20.8 Å². The van der Waals surface area contributed by atoms with Gasteiger partial charge in [-0.05, 0) is 20.8 Å². The average Bonchev–Trinajstić information content (AvgIpc) is 2.49. The van der Waals surface area contributed by atoms with E-state index in [1.165, 1.54) is 11.3 Å². The van der Waals surface area contributed by atoms with Gasteiger partial charge in [-0.2, -0.15) is 0 Å². The minimum absolute atomic E-state index is 0.0571. The topological polar surface area (TPSA) is 53.4 Å². The zero-order valence-corrected chi connectivity index (χ0v) is 10.3. The molecule has 2 N–H and O–H groups in total. The lowest BCUT2D eigenvalue weighted by Crippen LogP contribution is -2.14. The van der Waals surface area contributed by atoms with Gasteiger partial charge in [0.15, 0.2) is 0 Å². The Kier molecular flexibility index (Phi) is 5.26. The van der Waals surface area contributed by atoms with E-state index in [9.17, 15) is 5.11 Å². The van der Waals surface area contributed by atoms with Crippen molar-refractivity contribution in [2.75, 3.05) is 0 Å². The molecule has 0 saturated heterocycles. The summed E-state index contributed by atoms with van der Waals surface area (Å²) in [6.07, 6.45) is 0. The molecule has 0 bridgehead atoms. The highest BCUT2D eigenvalue weighted by molar-refractivity contribution is 7.11. The lowest BCUT2D eigenvalue weighted by molar-refractivity contribution is 0.0779. The maximum atomic E-state index is 9.59. The third-order valence-electron chi connectivity index (χ3n) is 1.57. The molecule has 0 unspecified atom stereocenters. The van der Waals surface area contributed by atoms with Crippen LogP contribution in [0.5, 0.6) is 0 Å². The third-order valence-corrected chi connectivity index (χ3v) is 2.89. The first-order chi connectivity index (χ1) is 6.45. The molecule has 82 valence electrons. The van der Waals surface area contributed by atoms with Gasteiger partial charge in [0.1, 0.15) is 10.6 Å². The molecule has 1 aromatic heterocycles. The zero-order valence-electron chi connectivity index (χ0n) is 9.46. The highest BCUT2D eigenvalue weighted by Crippen LogP contribution is 2.26. The van der Waals surface area contributed by atoms with Gasteiger partial charge in [0.25, 0.3) is 0 Å². The van der Waals surface area contributed by atoms with Crippen molar-refractivity contribution in [1.82, 2.24) is 4.98 Å². The Balaban J connectivity index is 0.000000791. The largest absolute Gasteiger partial charge is 0.390 e. The molecule has 0 aromatic carbocycles. The summed E-state index contributed by atoms with van der Waals surface area (Å²) in [6, 6.07) is 0. The summed E-state index contributed by atoms with van der Waals surface area (Å²) in [7, 11) is 0. The molecule has 3 nitrogen and oxygen atoms in total. The van der Waals surface area contributed by atoms with E-state index < -0.39 is 5.60 Å². The van der Waals surface area contributed by atoms with Crippen LogP contribution >= 0.6 is 11.3 Å². The van der Waals surface area contributed by atoms with Crippen molar-refractivity contribution in [2.24, 2.45) is 0 Å². The first-order valence-corrected chi connectivity index (χ1v) is 5.57. The second kappa shape index (κ2) is 5.44. The van der Waals surface area contributed by atoms with Gasteiger partial charge >= 0.3 is 0 Å². The second-order valence-corrected chi connectivity index (χ2v) is 4.44. The number of aliphatic hydroxyl groups excluding tert-OH is 1. The van der Waals surface area contributed by atoms with Crippen LogP contribution in [0.2, 0.25) is 0 Å². The molecular weight excluding hydrogens is 198 g/mol. The van der Waals surface area contributed by atoms with Gasteiger partial charge in [0.2, 0.25) is 0 Å². The van der Waals surface area contributed by atoms with Gasteiger partial charge in [-0.3, -0.25) is 0 Å². The van der Waals surface area contributed by atoms with Crippen LogP contribution in [0.1, 0.15) is 43.3 Å². The van der Waals surface area contributed by atoms with Crippen LogP contribution < -0.4 is 0 Å². The van der Waals surface area contributed by atoms with Crippen molar-refractivity contribution in [2.45, 2.75) is 46.8 Å². The van der Waals surface area contributed by atoms with Crippen LogP contribution in [0.4, 0.5) is 0 Å². The van der Waals surface area contributed by atoms with Crippen molar-refractivity contribution in [3.05, 3.63) is 15.6 Å². The zero-order chi connectivity index (χ0) is 11.4. The lowest BCUT2D eigenvalue weighted by atomic mass is 10.1. The number of hydrogen-bond acceptors (Lipinski definition) is 4. The van der Waals surface area contributed by atoms with Gasteiger partial charge in [0, 0.05) is 4.88 Å². The van der Waals surface area contributed by atoms with E-state index in [4.69, 9.17) is 5.11 Å². The molecular formula is C10H19NO2S. The van der Waals surface area contributed by atoms with Crippen LogP contribution in [0.3, 0.4) is 0 Å². The molecule has 0 aliphatic rings. The quantitative estimate of drug-likeness (QED) is 0.798. The summed E-state index contributed by atoms with van der Waals surface area (Å²) in [4.78, 5) is 5.09. The Morgan fingerprint density at radius 2 is 1.86 bits per heavy atom. The van der Waals surface area contributed by atoms with Crippen molar-refractivity contribution >= 4 is 11.3 Å². The summed E-state index contributed by atoms with van der Waals surface area (Å²) in [5.41, 5.74) is -0.236. The highest BCUT2D eigenvalue weighted by Gasteiger charge is 2.21. The molecule has 1 rings (SSSR count). The molecule has 0 aliphatic carbocycles. The number of aliphatic hydroxyl groups is 2. The molecule has 0 fully saturated rings. The van der Waals surface area contributed by atoms with Crippen LogP contribution in [-0.2, 0) is 12.2 Å². The van der Waals surface area contributed by atoms with Gasteiger partial charge in [0.05, 0.1) is 12.3 Å². The summed E-state index contributed by atoms with van der Waals surface area (Å²) in [5.74, 6) is 0. The highest BCUT2D eigenvalue weighted by atomic mass is 32.1. The summed E-state index contributed by atoms with van der Waals surface area (Å²) in [6.45, 7) is 9.20. The van der Waals surface area contributed by atoms with Crippen molar-refractivity contribution in [3.63, 3.8) is 0 Å². The summed E-state index contributed by atoms with van der Waals surface area (Å²) in [5, 5.41) is 19.1. The van der Waals surface area contributed by atoms with E-state index in [-0.39, 0.29) is 6.61 Å². The predicted molar refractivity (Wildman–Crippen MR) is 59.4 cm³/mol. The van der Waals surface area contributed by atoms with Crippen molar-refractivity contribution in [3.8, 4) is 0 Å². The Labute approximate surface area is 89.4 Å². The Morgan fingerprint density at radius 1 is 1.36 bits per heavy atom. The lowest BCUT2D eigenvalue weighted by Gasteiger charge is -2.12. The molecule has 0 amide bonds. The van der Waals surface area contributed by atoms with Crippen molar-refractivity contribution in [1.29, 1.82) is 0 Å². The van der Waals surface area contributed by atoms with E-state index in [0.717, 1.165) is 4.88 Å². The number of aromatic nitrogens is 1. The van der Waals surface area contributed by atoms with E-state index >= 15 is 0 Å². The SMILES string of the molecule is CC.Cc1sc(C(C)(C)O)nc1CO. The van der Waals surface area contributed by atoms with Gasteiger partial charge in [-0.15, -0.1) is 11.3 Å². The Hall–Kier alpha value is -0.450. The fourth-order valence-electron chi connectivity index (χ4n) is 0.836. The fraction of sp³-hybridized carbons (Fsp3) is 0.700. The molecule has 0 saturated carbocycles. The van der Waals surface area contributed by atoms with Crippen molar-refractivity contribution < 1.29 is 10.2 Å². The number of thiazole rings is 1. The number of rotatable bonds is 2. The molecule has 14 heavy (non-hydrogen) atoms. The maximum Gasteiger partial charge on any atom is 0.124 e. The fourth-order valence-corrected chi connectivity index (χ4v) is 1.76. The van der Waals surface area contributed by atoms with Crippen LogP contribution in [0.25, 0.3) is 0 Å². The molecule has 0 aliphatic heterocycles. The van der Waals surface area contributed by atoms with E-state index in [0.29, 0.717) is 10.7 Å². The maximum absolute atomic E-state index is 9.59. The number of nitrogens with zero attached hydrogens (tertiary/aromatic N) is 1. The van der Waals surface area contributed by atoms with Gasteiger partial charge in [-0.1, -0.05) is 13.8 Å². The number of hydrogen-bond donors (Lipinski definition) is 2. The molecule has 4 heteroatoms. The first kappa shape index (κ1) is 13.5. The minimum atomic E-state index is -0.900. The molecule has 0 atom stereocenters. The van der Waals surface area contributed by atoms with Crippen LogP contribution in [0.15, 0.2) is 0 Å². The smallest absolute Gasteiger partial charge is 0.124 e. The first-order valence-electron chi connectivity index (χ1n) is 4.75.